The van der Waals surface area contributed by atoms with Crippen molar-refractivity contribution in [1.29, 1.82) is 0 Å². The van der Waals surface area contributed by atoms with Crippen LogP contribution in [0.4, 0.5) is 0 Å². The number of amides is 2. The summed E-state index contributed by atoms with van der Waals surface area (Å²) in [4.78, 5) is 37.5. The van der Waals surface area contributed by atoms with E-state index in [9.17, 15) is 14.4 Å². The molecule has 0 aliphatic carbocycles. The van der Waals surface area contributed by atoms with E-state index in [1.807, 2.05) is 0 Å². The zero-order chi connectivity index (χ0) is 18.1. The van der Waals surface area contributed by atoms with E-state index in [1.54, 1.807) is 18.7 Å². The molecule has 0 saturated carbocycles. The van der Waals surface area contributed by atoms with Gasteiger partial charge in [0.2, 0.25) is 11.8 Å². The first kappa shape index (κ1) is 20.3. The number of hydrogen-bond acceptors (Lipinski definition) is 5. The van der Waals surface area contributed by atoms with Crippen LogP contribution in [0.1, 0.15) is 52.9 Å². The molecule has 1 atom stereocenters. The molecule has 0 aromatic rings. The highest BCUT2D eigenvalue weighted by molar-refractivity contribution is 7.80. The van der Waals surface area contributed by atoms with Crippen LogP contribution in [-0.4, -0.2) is 53.0 Å². The maximum absolute atomic E-state index is 12.1. The minimum absolute atomic E-state index is 0.101. The van der Waals surface area contributed by atoms with E-state index in [-0.39, 0.29) is 29.5 Å². The molecular formula is C16H27N3O4S. The molecule has 1 aliphatic heterocycles. The van der Waals surface area contributed by atoms with Crippen LogP contribution in [0.25, 0.3) is 0 Å². The Morgan fingerprint density at radius 2 is 2.12 bits per heavy atom. The van der Waals surface area contributed by atoms with E-state index in [0.717, 1.165) is 19.3 Å². The first-order chi connectivity index (χ1) is 11.3. The zero-order valence-electron chi connectivity index (χ0n) is 14.6. The molecule has 0 spiro atoms. The summed E-state index contributed by atoms with van der Waals surface area (Å²) >= 11 is 5.26. The lowest BCUT2D eigenvalue weighted by molar-refractivity contribution is -0.150. The van der Waals surface area contributed by atoms with Crippen LogP contribution in [0.5, 0.6) is 0 Å². The van der Waals surface area contributed by atoms with Crippen LogP contribution in [-0.2, 0) is 19.1 Å². The third-order valence-corrected chi connectivity index (χ3v) is 3.91. The van der Waals surface area contributed by atoms with Gasteiger partial charge in [0, 0.05) is 19.5 Å². The average molecular weight is 357 g/mol. The molecule has 24 heavy (non-hydrogen) atoms. The van der Waals surface area contributed by atoms with Crippen LogP contribution >= 0.6 is 12.2 Å². The number of ether oxygens (including phenoxy) is 1. The number of nitrogens with zero attached hydrogens (tertiary/aromatic N) is 1. The van der Waals surface area contributed by atoms with Crippen molar-refractivity contribution in [1.82, 2.24) is 15.5 Å². The van der Waals surface area contributed by atoms with Crippen molar-refractivity contribution in [3.63, 3.8) is 0 Å². The highest BCUT2D eigenvalue weighted by Gasteiger charge is 2.34. The van der Waals surface area contributed by atoms with Gasteiger partial charge in [-0.05, 0) is 32.5 Å². The third-order valence-electron chi connectivity index (χ3n) is 3.57. The Morgan fingerprint density at radius 3 is 2.75 bits per heavy atom. The summed E-state index contributed by atoms with van der Waals surface area (Å²) in [5.74, 6) is -0.915. The summed E-state index contributed by atoms with van der Waals surface area (Å²) in [7, 11) is 0. The monoisotopic (exact) mass is 357 g/mol. The van der Waals surface area contributed by atoms with Crippen molar-refractivity contribution >= 4 is 35.1 Å². The minimum atomic E-state index is -0.756. The summed E-state index contributed by atoms with van der Waals surface area (Å²) in [5, 5.41) is 5.56. The van der Waals surface area contributed by atoms with Crippen LogP contribution < -0.4 is 10.6 Å². The van der Waals surface area contributed by atoms with Crippen LogP contribution in [0.3, 0.4) is 0 Å². The molecule has 7 nitrogen and oxygen atoms in total. The first-order valence-corrected chi connectivity index (χ1v) is 8.83. The van der Waals surface area contributed by atoms with Gasteiger partial charge < -0.3 is 20.3 Å². The highest BCUT2D eigenvalue weighted by Crippen LogP contribution is 2.11. The predicted octanol–water partition coefficient (Wildman–Crippen LogP) is 1.11. The van der Waals surface area contributed by atoms with Gasteiger partial charge in [-0.3, -0.25) is 14.4 Å². The maximum atomic E-state index is 12.1. The Hall–Kier alpha value is -1.70. The largest absolute Gasteiger partial charge is 0.463 e. The molecular weight excluding hydrogens is 330 g/mol. The number of carbonyl (C=O) groups is 3. The van der Waals surface area contributed by atoms with Gasteiger partial charge in [-0.25, -0.2) is 0 Å². The normalized spacial score (nSPS) is 17.4. The number of carbonyl (C=O) groups excluding carboxylic acids is 3. The second kappa shape index (κ2) is 10.2. The van der Waals surface area contributed by atoms with E-state index in [4.69, 9.17) is 17.0 Å². The number of nitrogens with one attached hydrogen (secondary N) is 2. The fraction of sp³-hybridized carbons (Fsp3) is 0.750. The molecule has 0 aromatic carbocycles. The number of hydrogen-bond donors (Lipinski definition) is 2. The fourth-order valence-corrected chi connectivity index (χ4v) is 2.75. The fourth-order valence-electron chi connectivity index (χ4n) is 2.42. The predicted molar refractivity (Wildman–Crippen MR) is 94.2 cm³/mol. The smallest absolute Gasteiger partial charge is 0.308 e. The number of thiocarbonyl (C=S) groups is 1. The Bertz CT molecular complexity index is 482. The molecule has 1 heterocycles. The summed E-state index contributed by atoms with van der Waals surface area (Å²) < 4.78 is 5.10. The van der Waals surface area contributed by atoms with E-state index in [0.29, 0.717) is 19.5 Å². The molecule has 1 saturated heterocycles. The molecule has 0 aromatic heterocycles. The van der Waals surface area contributed by atoms with Gasteiger partial charge in [0.1, 0.15) is 6.04 Å². The van der Waals surface area contributed by atoms with Gasteiger partial charge in [-0.2, -0.15) is 0 Å². The van der Waals surface area contributed by atoms with Crippen molar-refractivity contribution < 1.29 is 19.1 Å². The Morgan fingerprint density at radius 1 is 1.42 bits per heavy atom. The van der Waals surface area contributed by atoms with Gasteiger partial charge in [-0.1, -0.05) is 19.8 Å². The molecule has 0 bridgehead atoms. The van der Waals surface area contributed by atoms with Crippen molar-refractivity contribution in [2.45, 2.75) is 65.0 Å². The lowest BCUT2D eigenvalue weighted by Gasteiger charge is -2.36. The van der Waals surface area contributed by atoms with Crippen molar-refractivity contribution in [3.8, 4) is 0 Å². The van der Waals surface area contributed by atoms with Gasteiger partial charge in [0.05, 0.1) is 12.5 Å². The summed E-state index contributed by atoms with van der Waals surface area (Å²) in [6, 6.07) is -0.756. The summed E-state index contributed by atoms with van der Waals surface area (Å²) in [5.41, 5.74) is 0. The molecule has 2 amide bonds. The molecule has 136 valence electrons. The Balaban J connectivity index is 2.63. The standard InChI is InChI=1S/C16H27N3O4S/c1-4-5-6-7-13(20)18-16(24)19-9-8-17-15(22)12(19)10-14(21)23-11(2)3/h11-12H,4-10H2,1-3H3,(H,17,22)(H,18,20,24)/t12-/m1/s1. The third kappa shape index (κ3) is 6.82. The number of unbranched alkanes of at least 4 members (excludes halogenated alkanes) is 2. The molecule has 0 unspecified atom stereocenters. The molecule has 2 N–H and O–H groups in total. The maximum Gasteiger partial charge on any atom is 0.308 e. The molecule has 8 heteroatoms. The SMILES string of the molecule is CCCCCC(=O)NC(=S)N1CCNC(=O)[C@H]1CC(=O)OC(C)C. The van der Waals surface area contributed by atoms with Gasteiger partial charge in [-0.15, -0.1) is 0 Å². The van der Waals surface area contributed by atoms with E-state index >= 15 is 0 Å². The molecule has 0 radical (unpaired) electrons. The van der Waals surface area contributed by atoms with Crippen molar-refractivity contribution in [2.24, 2.45) is 0 Å². The van der Waals surface area contributed by atoms with E-state index < -0.39 is 12.0 Å². The van der Waals surface area contributed by atoms with Gasteiger partial charge in [0.15, 0.2) is 5.11 Å². The zero-order valence-corrected chi connectivity index (χ0v) is 15.4. The topological polar surface area (TPSA) is 87.7 Å². The lowest BCUT2D eigenvalue weighted by Crippen LogP contribution is -2.60. The van der Waals surface area contributed by atoms with Crippen molar-refractivity contribution in [2.75, 3.05) is 13.1 Å². The first-order valence-electron chi connectivity index (χ1n) is 8.42. The minimum Gasteiger partial charge on any atom is -0.463 e. The molecule has 1 rings (SSSR count). The van der Waals surface area contributed by atoms with Gasteiger partial charge >= 0.3 is 5.97 Å². The summed E-state index contributed by atoms with van der Waals surface area (Å²) in [6.07, 6.45) is 2.86. The number of piperazine rings is 1. The lowest BCUT2D eigenvalue weighted by atomic mass is 10.1. The Kier molecular flexibility index (Phi) is 8.67. The molecule has 1 fully saturated rings. The van der Waals surface area contributed by atoms with Crippen LogP contribution in [0.2, 0.25) is 0 Å². The number of rotatable bonds is 7. The highest BCUT2D eigenvalue weighted by atomic mass is 32.1. The second-order valence-electron chi connectivity index (χ2n) is 6.05. The van der Waals surface area contributed by atoms with Crippen molar-refractivity contribution in [3.05, 3.63) is 0 Å². The number of esters is 1. The quantitative estimate of drug-likeness (QED) is 0.403. The van der Waals surface area contributed by atoms with E-state index in [2.05, 4.69) is 17.6 Å². The molecule has 1 aliphatic rings. The van der Waals surface area contributed by atoms with Crippen LogP contribution in [0, 0.1) is 0 Å². The van der Waals surface area contributed by atoms with Crippen LogP contribution in [0.15, 0.2) is 0 Å². The second-order valence-corrected chi connectivity index (χ2v) is 6.44. The van der Waals surface area contributed by atoms with Gasteiger partial charge in [0.25, 0.3) is 0 Å². The van der Waals surface area contributed by atoms with E-state index in [1.165, 1.54) is 0 Å². The Labute approximate surface area is 148 Å². The average Bonchev–Trinajstić information content (AvgIpc) is 2.48. The summed E-state index contributed by atoms with van der Waals surface area (Å²) in [6.45, 7) is 6.42.